The van der Waals surface area contributed by atoms with Crippen molar-refractivity contribution in [3.63, 3.8) is 0 Å². The van der Waals surface area contributed by atoms with E-state index in [9.17, 15) is 44.4 Å². The van der Waals surface area contributed by atoms with Gasteiger partial charge in [-0.05, 0) is 63.3 Å². The Morgan fingerprint density at radius 3 is 1.98 bits per heavy atom. The number of aliphatic carboxylic acids is 1. The Morgan fingerprint density at radius 1 is 0.829 bits per heavy atom. The third kappa shape index (κ3) is 10.9. The van der Waals surface area contributed by atoms with Gasteiger partial charge in [-0.3, -0.25) is 19.2 Å². The maximum absolute atomic E-state index is 13.4. The van der Waals surface area contributed by atoms with E-state index in [1.54, 1.807) is 20.8 Å². The molecule has 0 aliphatic heterocycles. The summed E-state index contributed by atoms with van der Waals surface area (Å²) < 4.78 is 0. The van der Waals surface area contributed by atoms with E-state index in [-0.39, 0.29) is 24.2 Å². The van der Waals surface area contributed by atoms with Crippen LogP contribution in [0.2, 0.25) is 0 Å². The van der Waals surface area contributed by atoms with Crippen molar-refractivity contribution >= 4 is 29.6 Å². The van der Waals surface area contributed by atoms with E-state index >= 15 is 0 Å². The lowest BCUT2D eigenvalue weighted by atomic mass is 9.96. The van der Waals surface area contributed by atoms with Crippen LogP contribution in [0.1, 0.15) is 70.2 Å². The summed E-state index contributed by atoms with van der Waals surface area (Å²) in [5.41, 5.74) is 5.31. The topological polar surface area (TPSA) is 240 Å². The molecule has 0 fully saturated rings. The van der Waals surface area contributed by atoms with Gasteiger partial charge in [-0.2, -0.15) is 0 Å². The summed E-state index contributed by atoms with van der Waals surface area (Å²) in [5, 5.41) is 49.0. The number of phenols is 2. The number of hydrogen-bond donors (Lipinski definition) is 9. The van der Waals surface area contributed by atoms with Gasteiger partial charge in [0.1, 0.15) is 35.7 Å². The van der Waals surface area contributed by atoms with E-state index in [1.807, 2.05) is 0 Å². The second-order valence-electron chi connectivity index (χ2n) is 9.92. The number of aliphatic hydroxyl groups excluding tert-OH is 1. The summed E-state index contributed by atoms with van der Waals surface area (Å²) in [6.45, 7) is 6.61. The Hall–Kier alpha value is -3.91. The van der Waals surface area contributed by atoms with E-state index in [2.05, 4.69) is 21.3 Å². The molecular formula is C27H43N5O9. The average molecular weight is 582 g/mol. The number of aromatic hydroxyl groups is 2. The Morgan fingerprint density at radius 2 is 1.44 bits per heavy atom. The zero-order valence-corrected chi connectivity index (χ0v) is 23.8. The van der Waals surface area contributed by atoms with Crippen LogP contribution in [0.15, 0.2) is 18.2 Å². The number of phenolic OH excluding ortho intramolecular Hbond substituents is 2. The summed E-state index contributed by atoms with van der Waals surface area (Å²) in [4.78, 5) is 63.5. The van der Waals surface area contributed by atoms with Crippen LogP contribution < -0.4 is 27.0 Å². The molecule has 0 heterocycles. The Labute approximate surface area is 239 Å². The molecule has 10 N–H and O–H groups in total. The normalized spacial score (nSPS) is 15.4. The van der Waals surface area contributed by atoms with Crippen LogP contribution in [-0.4, -0.2) is 86.8 Å². The first-order valence-electron chi connectivity index (χ1n) is 13.6. The summed E-state index contributed by atoms with van der Waals surface area (Å²) in [6, 6.07) is -1.70. The zero-order valence-electron chi connectivity index (χ0n) is 23.8. The molecule has 1 aromatic rings. The lowest BCUT2D eigenvalue weighted by molar-refractivity contribution is -0.143. The van der Waals surface area contributed by atoms with Crippen LogP contribution in [-0.2, 0) is 19.2 Å². The minimum atomic E-state index is -1.51. The number of nitrogens with one attached hydrogen (secondary N) is 4. The van der Waals surface area contributed by atoms with Gasteiger partial charge >= 0.3 is 5.97 Å². The first-order chi connectivity index (χ1) is 19.3. The quantitative estimate of drug-likeness (QED) is 0.0859. The number of carboxylic acid groups (broad SMARTS) is 1. The maximum Gasteiger partial charge on any atom is 0.326 e. The molecule has 1 aromatic carbocycles. The largest absolute Gasteiger partial charge is 0.508 e. The molecule has 0 aliphatic rings. The molecule has 0 unspecified atom stereocenters. The highest BCUT2D eigenvalue weighted by molar-refractivity contribution is 6.00. The molecule has 0 spiro atoms. The lowest BCUT2D eigenvalue weighted by Crippen LogP contribution is -2.61. The third-order valence-corrected chi connectivity index (χ3v) is 6.67. The van der Waals surface area contributed by atoms with Crippen molar-refractivity contribution in [1.82, 2.24) is 21.3 Å². The third-order valence-electron chi connectivity index (χ3n) is 6.67. The first-order valence-corrected chi connectivity index (χ1v) is 13.6. The molecule has 14 heteroatoms. The summed E-state index contributed by atoms with van der Waals surface area (Å²) >= 11 is 0. The Balaban J connectivity index is 3.17. The van der Waals surface area contributed by atoms with Gasteiger partial charge in [0.2, 0.25) is 17.7 Å². The van der Waals surface area contributed by atoms with Gasteiger partial charge < -0.3 is 47.4 Å². The van der Waals surface area contributed by atoms with Crippen LogP contribution in [0.3, 0.4) is 0 Å². The van der Waals surface area contributed by atoms with Gasteiger partial charge in [-0.15, -0.1) is 0 Å². The van der Waals surface area contributed by atoms with Crippen molar-refractivity contribution in [2.45, 2.75) is 90.1 Å². The van der Waals surface area contributed by atoms with E-state index in [0.29, 0.717) is 25.8 Å². The SMILES string of the molecule is CC[C@H](NC(=O)[C@@H](NC(=O)[C@@H](NC(=O)[C@H](CCCCN)NC(=O)c1cc(O)ccc1O)[C@@H](C)CC)[C@@H](C)O)C(=O)O. The number of hydrogen-bond acceptors (Lipinski definition) is 9. The van der Waals surface area contributed by atoms with Crippen molar-refractivity contribution in [3.8, 4) is 11.5 Å². The number of aliphatic hydroxyl groups is 1. The van der Waals surface area contributed by atoms with Gasteiger partial charge in [-0.1, -0.05) is 27.2 Å². The van der Waals surface area contributed by atoms with Crippen molar-refractivity contribution in [2.24, 2.45) is 11.7 Å². The molecule has 4 amide bonds. The first kappa shape index (κ1) is 35.1. The highest BCUT2D eigenvalue weighted by Gasteiger charge is 2.35. The van der Waals surface area contributed by atoms with Gasteiger partial charge in [-0.25, -0.2) is 4.79 Å². The number of unbranched alkanes of at least 4 members (excludes halogenated alkanes) is 1. The average Bonchev–Trinajstić information content (AvgIpc) is 2.92. The fourth-order valence-electron chi connectivity index (χ4n) is 3.91. The Kier molecular flexibility index (Phi) is 14.6. The summed E-state index contributed by atoms with van der Waals surface area (Å²) in [7, 11) is 0. The number of carboxylic acids is 1. The molecule has 0 aliphatic carbocycles. The number of amides is 4. The maximum atomic E-state index is 13.4. The fraction of sp³-hybridized carbons (Fsp3) is 0.593. The molecule has 41 heavy (non-hydrogen) atoms. The van der Waals surface area contributed by atoms with Crippen LogP contribution in [0.25, 0.3) is 0 Å². The van der Waals surface area contributed by atoms with E-state index in [4.69, 9.17) is 5.73 Å². The summed E-state index contributed by atoms with van der Waals surface area (Å²) in [6.07, 6.45) is 0.263. The molecule has 6 atom stereocenters. The summed E-state index contributed by atoms with van der Waals surface area (Å²) in [5.74, 6) is -5.65. The second-order valence-corrected chi connectivity index (χ2v) is 9.92. The predicted molar refractivity (Wildman–Crippen MR) is 149 cm³/mol. The van der Waals surface area contributed by atoms with Crippen LogP contribution >= 0.6 is 0 Å². The minimum absolute atomic E-state index is 0.0741. The van der Waals surface area contributed by atoms with Gasteiger partial charge in [0.25, 0.3) is 5.91 Å². The Bertz CT molecular complexity index is 1070. The molecule has 1 rings (SSSR count). The number of nitrogens with two attached hydrogens (primary N) is 1. The second kappa shape index (κ2) is 17.0. The van der Waals surface area contributed by atoms with Gasteiger partial charge in [0.05, 0.1) is 11.7 Å². The highest BCUT2D eigenvalue weighted by Crippen LogP contribution is 2.22. The van der Waals surface area contributed by atoms with Crippen molar-refractivity contribution in [1.29, 1.82) is 0 Å². The number of benzene rings is 1. The lowest BCUT2D eigenvalue weighted by Gasteiger charge is -2.29. The smallest absolute Gasteiger partial charge is 0.326 e. The van der Waals surface area contributed by atoms with E-state index < -0.39 is 71.5 Å². The van der Waals surface area contributed by atoms with Gasteiger partial charge in [0.15, 0.2) is 0 Å². The molecule has 230 valence electrons. The van der Waals surface area contributed by atoms with Crippen LogP contribution in [0.4, 0.5) is 0 Å². The molecule has 0 radical (unpaired) electrons. The molecule has 0 saturated heterocycles. The molecular weight excluding hydrogens is 538 g/mol. The fourth-order valence-corrected chi connectivity index (χ4v) is 3.91. The standard InChI is InChI=1S/C27H43N5O9/c1-5-14(3)21(25(38)32-22(15(4)33)26(39)29-18(6-2)27(40)41)31-24(37)19(9-7-8-12-28)30-23(36)17-13-16(34)10-11-20(17)35/h10-11,13-15,18-19,21-22,33-35H,5-9,12,28H2,1-4H3,(H,29,39)(H,30,36)(H,31,37)(H,32,38)(H,40,41)/t14-,15+,18-,19-,21-,22-/m0/s1. The van der Waals surface area contributed by atoms with E-state index in [0.717, 1.165) is 12.1 Å². The number of rotatable bonds is 17. The number of carbonyl (C=O) groups excluding carboxylic acids is 4. The predicted octanol–water partition coefficient (Wildman–Crippen LogP) is -0.299. The van der Waals surface area contributed by atoms with Crippen molar-refractivity contribution in [2.75, 3.05) is 6.54 Å². The van der Waals surface area contributed by atoms with Crippen LogP contribution in [0, 0.1) is 5.92 Å². The minimum Gasteiger partial charge on any atom is -0.508 e. The highest BCUT2D eigenvalue weighted by atomic mass is 16.4. The van der Waals surface area contributed by atoms with Crippen molar-refractivity contribution < 1.29 is 44.4 Å². The van der Waals surface area contributed by atoms with Crippen LogP contribution in [0.5, 0.6) is 11.5 Å². The zero-order chi connectivity index (χ0) is 31.3. The molecule has 0 bridgehead atoms. The van der Waals surface area contributed by atoms with Gasteiger partial charge in [0, 0.05) is 0 Å². The number of carbonyl (C=O) groups is 5. The van der Waals surface area contributed by atoms with E-state index in [1.165, 1.54) is 13.0 Å². The molecule has 0 saturated carbocycles. The van der Waals surface area contributed by atoms with Crippen molar-refractivity contribution in [3.05, 3.63) is 23.8 Å². The monoisotopic (exact) mass is 581 g/mol. The molecule has 14 nitrogen and oxygen atoms in total. The molecule has 0 aromatic heterocycles.